The highest BCUT2D eigenvalue weighted by Crippen LogP contribution is 2.45. The second-order valence-corrected chi connectivity index (χ2v) is 37.4. The standard InChI is InChI=1S/C100H139N3O33/c1-54-73(50-116-45-62-26-14-9-15-27-62)126-97(120-39-25-13-24-38-102-103-101)81(112)86(54)130-94-59(6)90(78(109)70(42-105)123-94)134-99-83(114)88(56(3)75(128-99)52-118-47-64-30-18-11-19-31-64)132-96-61(8)92(80(111)72(44-107)125-96)136-100-84(115)89(57(4)76(129-100)53-119-48-65-32-20-12-21-33-65)133-95-60(7)91(79(110)71(43-106)124-95)135-98-82(113)87(55(2)74(127-98)51-117-46-63-28-16-10-17-29-63)131-93-58(5)85(77(108)69(41-104)122-93)121-49-66-36-37-67-34-22-23-35-68(67)40-66/h9-12,14-23,26-37,40,54-61,69-100,104-115H,13,24-25,38-39,41-53H2,1-8H3/t54-,55-,56-,57-,58?,59?,60?,61?,69?,70?,71?,72?,73?,74?,75?,76?,77?,78?,79?,80?,81?,82?,83?,84?,85?,86-,87-,88-,89-,90?,91?,92?,93?,94?,95?,96?,97+,98-,99-,100-/m0/s1. The molecule has 6 aromatic carbocycles. The molecule has 28 unspecified atom stereocenters. The molecule has 8 aliphatic heterocycles. The Balaban J connectivity index is 0.695. The fraction of sp³-hybridized carbons (Fsp3) is 0.660. The van der Waals surface area contributed by atoms with E-state index in [0.29, 0.717) is 25.8 Å². The van der Waals surface area contributed by atoms with Gasteiger partial charge in [-0.05, 0) is 63.0 Å². The first kappa shape index (κ1) is 105. The number of unbranched alkanes of at least 4 members (excludes halogenated alkanes) is 2. The normalized spacial score (nSPS) is 39.0. The fourth-order valence-corrected chi connectivity index (χ4v) is 19.4. The smallest absolute Gasteiger partial charge is 0.186 e. The van der Waals surface area contributed by atoms with E-state index < -0.39 is 271 Å². The molecule has 8 heterocycles. The molecule has 36 heteroatoms. The van der Waals surface area contributed by atoms with Gasteiger partial charge in [0, 0.05) is 65.4 Å². The minimum absolute atomic E-state index is 0.0471. The zero-order chi connectivity index (χ0) is 96.2. The van der Waals surface area contributed by atoms with E-state index in [0.717, 1.165) is 38.6 Å². The number of aliphatic hydroxyl groups excluding tert-OH is 12. The first-order valence-electron chi connectivity index (χ1n) is 47.8. The molecule has 0 amide bonds. The summed E-state index contributed by atoms with van der Waals surface area (Å²) in [4.78, 5) is 2.83. The molecule has 8 fully saturated rings. The Morgan fingerprint density at radius 2 is 0.551 bits per heavy atom. The molecule has 14 rings (SSSR count). The third kappa shape index (κ3) is 26.1. The number of azide groups is 1. The van der Waals surface area contributed by atoms with E-state index in [-0.39, 0.29) is 66.1 Å². The maximum absolute atomic E-state index is 13.1. The van der Waals surface area contributed by atoms with Crippen molar-refractivity contribution in [3.05, 3.63) is 202 Å². The van der Waals surface area contributed by atoms with Gasteiger partial charge in [0.05, 0.1) is 159 Å². The van der Waals surface area contributed by atoms with Gasteiger partial charge in [-0.25, -0.2) is 0 Å². The Hall–Kier alpha value is -6.43. The Bertz CT molecular complexity index is 4540. The lowest BCUT2D eigenvalue weighted by Crippen LogP contribution is -2.65. The van der Waals surface area contributed by atoms with Crippen molar-refractivity contribution >= 4 is 10.8 Å². The average molecular weight is 1910 g/mol. The van der Waals surface area contributed by atoms with Crippen LogP contribution in [0.5, 0.6) is 0 Å². The molecule has 8 saturated heterocycles. The van der Waals surface area contributed by atoms with Crippen LogP contribution in [0.3, 0.4) is 0 Å². The fourth-order valence-electron chi connectivity index (χ4n) is 19.4. The van der Waals surface area contributed by atoms with Gasteiger partial charge in [0.25, 0.3) is 0 Å². The van der Waals surface area contributed by atoms with Crippen LogP contribution >= 0.6 is 0 Å². The van der Waals surface area contributed by atoms with Crippen LogP contribution in [0.25, 0.3) is 21.2 Å². The van der Waals surface area contributed by atoms with Gasteiger partial charge in [-0.2, -0.15) is 0 Å². The predicted octanol–water partition coefficient (Wildman–Crippen LogP) is 6.53. The van der Waals surface area contributed by atoms with E-state index in [1.54, 1.807) is 41.5 Å². The van der Waals surface area contributed by atoms with E-state index in [4.69, 9.17) is 105 Å². The number of rotatable bonds is 44. The van der Waals surface area contributed by atoms with E-state index >= 15 is 0 Å². The summed E-state index contributed by atoms with van der Waals surface area (Å²) in [7, 11) is 0. The molecule has 0 bridgehead atoms. The molecule has 36 nitrogen and oxygen atoms in total. The Labute approximate surface area is 792 Å². The third-order valence-electron chi connectivity index (χ3n) is 27.8. The van der Waals surface area contributed by atoms with Crippen molar-refractivity contribution in [3.63, 3.8) is 0 Å². The molecule has 0 aromatic heterocycles. The maximum Gasteiger partial charge on any atom is 0.186 e. The summed E-state index contributed by atoms with van der Waals surface area (Å²) in [5.74, 6) is -6.59. The highest BCUT2D eigenvalue weighted by atomic mass is 16.8. The van der Waals surface area contributed by atoms with Gasteiger partial charge in [0.1, 0.15) is 73.2 Å². The largest absolute Gasteiger partial charge is 0.394 e. The molecule has 136 heavy (non-hydrogen) atoms. The topological polar surface area (TPSA) is 485 Å². The van der Waals surface area contributed by atoms with E-state index in [9.17, 15) is 61.3 Å². The van der Waals surface area contributed by atoms with E-state index in [1.165, 1.54) is 0 Å². The zero-order valence-corrected chi connectivity index (χ0v) is 78.2. The predicted molar refractivity (Wildman–Crippen MR) is 484 cm³/mol. The summed E-state index contributed by atoms with van der Waals surface area (Å²) in [5.41, 5.74) is 13.1. The first-order valence-corrected chi connectivity index (χ1v) is 47.8. The van der Waals surface area contributed by atoms with Crippen molar-refractivity contribution in [2.75, 3.05) is 66.0 Å². The molecule has 8 aliphatic rings. The molecule has 0 spiro atoms. The summed E-state index contributed by atoms with van der Waals surface area (Å²) in [6.07, 6.45) is -41.4. The quantitative estimate of drug-likeness (QED) is 0.00837. The number of ether oxygens (including phenoxy) is 21. The minimum Gasteiger partial charge on any atom is -0.394 e. The highest BCUT2D eigenvalue weighted by Gasteiger charge is 2.59. The lowest BCUT2D eigenvalue weighted by Gasteiger charge is -2.52. The number of hydrogen-bond donors (Lipinski definition) is 12. The van der Waals surface area contributed by atoms with Gasteiger partial charge < -0.3 is 161 Å². The average Bonchev–Trinajstić information content (AvgIpc) is 0.761. The van der Waals surface area contributed by atoms with Crippen molar-refractivity contribution in [1.29, 1.82) is 0 Å². The minimum atomic E-state index is -1.77. The summed E-state index contributed by atoms with van der Waals surface area (Å²) in [5, 5.41) is 149. The number of nitrogens with zero attached hydrogens (tertiary/aromatic N) is 3. The van der Waals surface area contributed by atoms with E-state index in [2.05, 4.69) is 10.0 Å². The van der Waals surface area contributed by atoms with Gasteiger partial charge in [-0.3, -0.25) is 0 Å². The number of fused-ring (bicyclic) bond motifs is 1. The Morgan fingerprint density at radius 3 is 0.882 bits per heavy atom. The van der Waals surface area contributed by atoms with Crippen LogP contribution in [0.2, 0.25) is 0 Å². The number of aliphatic hydroxyl groups is 12. The Kier molecular flexibility index (Phi) is 39.5. The second kappa shape index (κ2) is 51.0. The van der Waals surface area contributed by atoms with Crippen LogP contribution in [-0.2, 0) is 133 Å². The molecular formula is C100H139N3O33. The number of hydrogen-bond acceptors (Lipinski definition) is 34. The van der Waals surface area contributed by atoms with Crippen LogP contribution in [0.15, 0.2) is 169 Å². The van der Waals surface area contributed by atoms with Gasteiger partial charge in [0.2, 0.25) is 0 Å². The second-order valence-electron chi connectivity index (χ2n) is 37.4. The third-order valence-corrected chi connectivity index (χ3v) is 27.8. The van der Waals surface area contributed by atoms with Crippen molar-refractivity contribution in [2.24, 2.45) is 52.5 Å². The summed E-state index contributed by atoms with van der Waals surface area (Å²) in [6, 6.07) is 51.6. The first-order chi connectivity index (χ1) is 65.9. The van der Waals surface area contributed by atoms with Gasteiger partial charge in [-0.1, -0.05) is 225 Å². The molecule has 0 saturated carbocycles. The molecule has 6 aromatic rings. The number of benzene rings is 6. The molecule has 40 atom stereocenters. The van der Waals surface area contributed by atoms with Crippen molar-refractivity contribution in [2.45, 2.75) is 305 Å². The molecule has 12 N–H and O–H groups in total. The van der Waals surface area contributed by atoms with Gasteiger partial charge in [0.15, 0.2) is 50.3 Å². The van der Waals surface area contributed by atoms with Crippen LogP contribution in [0.4, 0.5) is 0 Å². The summed E-state index contributed by atoms with van der Waals surface area (Å²) < 4.78 is 138. The molecule has 752 valence electrons. The maximum atomic E-state index is 13.1. The van der Waals surface area contributed by atoms with Crippen LogP contribution < -0.4 is 0 Å². The van der Waals surface area contributed by atoms with Crippen LogP contribution in [0.1, 0.15) is 102 Å². The lowest BCUT2D eigenvalue weighted by molar-refractivity contribution is -0.389. The van der Waals surface area contributed by atoms with Crippen molar-refractivity contribution in [1.82, 2.24) is 0 Å². The van der Waals surface area contributed by atoms with Crippen LogP contribution in [0, 0.1) is 47.3 Å². The van der Waals surface area contributed by atoms with Crippen molar-refractivity contribution < 1.29 is 161 Å². The summed E-state index contributed by atoms with van der Waals surface area (Å²) in [6.45, 7) is 12.1. The highest BCUT2D eigenvalue weighted by molar-refractivity contribution is 5.83. The Morgan fingerprint density at radius 1 is 0.272 bits per heavy atom. The molecular weight excluding hydrogens is 1770 g/mol. The van der Waals surface area contributed by atoms with E-state index in [1.807, 2.05) is 178 Å². The van der Waals surface area contributed by atoms with Gasteiger partial charge in [-0.15, -0.1) is 0 Å². The summed E-state index contributed by atoms with van der Waals surface area (Å²) >= 11 is 0. The van der Waals surface area contributed by atoms with Gasteiger partial charge >= 0.3 is 0 Å². The van der Waals surface area contributed by atoms with Crippen molar-refractivity contribution in [3.8, 4) is 0 Å². The molecule has 0 aliphatic carbocycles. The van der Waals surface area contributed by atoms with Crippen LogP contribution in [-0.4, -0.2) is 324 Å². The zero-order valence-electron chi connectivity index (χ0n) is 78.2. The lowest BCUT2D eigenvalue weighted by atomic mass is 9.87. The molecule has 0 radical (unpaired) electrons. The monoisotopic (exact) mass is 1910 g/mol. The SMILES string of the molecule is CC1C(O[C@@H]2C(O)[C@H](OC3C(C)C(O[C@@H]4C(O)[C@H](OC5C(C)C(O[C@@H]6C(O)[C@H](OC7C(C)C(O[C@@H]8C(O)[C@H](OCCCCCN=[N+]=[N-])OC(COCc9ccccc9)[C@@H]8C)OC(CO)C7O)OC(COCc7ccccc7)[C@@H]6C)OC(CO)C5O)OC(COCc5ccccc5)[C@@H]4C)OC(CO)C3O)OC(COCc3ccccc3)[C@@H]2C)OC(CO)C(O)C1OCc1ccc2ccccc2c1.